The Kier molecular flexibility index (Phi) is 5.78. The number of aromatic nitrogens is 1. The first-order valence-electron chi connectivity index (χ1n) is 8.90. The smallest absolute Gasteiger partial charge is 0.181 e. The van der Waals surface area contributed by atoms with Crippen LogP contribution < -0.4 is 10.2 Å². The van der Waals surface area contributed by atoms with Crippen molar-refractivity contribution in [1.29, 1.82) is 0 Å². The zero-order valence-electron chi connectivity index (χ0n) is 14.8. The normalized spacial score (nSPS) is 14.8. The third-order valence-corrected chi connectivity index (χ3v) is 5.36. The molecule has 0 radical (unpaired) electrons. The Hall–Kier alpha value is -2.26. The zero-order valence-corrected chi connectivity index (χ0v) is 17.0. The molecule has 7 heteroatoms. The highest BCUT2D eigenvalue weighted by molar-refractivity contribution is 14.1. The minimum absolute atomic E-state index is 0.571. The Morgan fingerprint density at radius 3 is 2.63 bits per heavy atom. The molecule has 2 aromatic carbocycles. The summed E-state index contributed by atoms with van der Waals surface area (Å²) in [5, 5.41) is 12.1. The van der Waals surface area contributed by atoms with Crippen molar-refractivity contribution >= 4 is 34.0 Å². The molecule has 2 heterocycles. The van der Waals surface area contributed by atoms with Gasteiger partial charge in [-0.15, -0.1) is 0 Å². The second kappa shape index (κ2) is 8.62. The predicted octanol–water partition coefficient (Wildman–Crippen LogP) is 4.64. The largest absolute Gasteiger partial charge is 0.444 e. The first-order chi connectivity index (χ1) is 13.3. The Labute approximate surface area is 171 Å². The van der Waals surface area contributed by atoms with Gasteiger partial charge in [-0.3, -0.25) is 0 Å². The molecular formula is C20H20IN5O. The zero-order chi connectivity index (χ0) is 18.5. The number of nitrogens with zero attached hydrogens (tertiary/aromatic N) is 4. The van der Waals surface area contributed by atoms with Gasteiger partial charge in [-0.05, 0) is 64.6 Å². The van der Waals surface area contributed by atoms with E-state index in [1.165, 1.54) is 21.2 Å². The van der Waals surface area contributed by atoms with Gasteiger partial charge in [0.25, 0.3) is 0 Å². The van der Waals surface area contributed by atoms with E-state index in [4.69, 9.17) is 4.42 Å². The summed E-state index contributed by atoms with van der Waals surface area (Å²) in [6.45, 7) is 4.77. The van der Waals surface area contributed by atoms with Crippen LogP contribution in [0.15, 0.2) is 69.7 Å². The van der Waals surface area contributed by atoms with Crippen molar-refractivity contribution in [3.05, 3.63) is 64.2 Å². The fourth-order valence-electron chi connectivity index (χ4n) is 3.06. The molecule has 0 saturated carbocycles. The predicted molar refractivity (Wildman–Crippen MR) is 114 cm³/mol. The maximum absolute atomic E-state index is 5.29. The molecule has 1 aliphatic rings. The Morgan fingerprint density at radius 1 is 1.11 bits per heavy atom. The van der Waals surface area contributed by atoms with Gasteiger partial charge in [0.15, 0.2) is 12.2 Å². The molecule has 1 aromatic heterocycles. The molecule has 0 spiro atoms. The lowest BCUT2D eigenvalue weighted by Gasteiger charge is -2.30. The van der Waals surface area contributed by atoms with E-state index in [1.54, 1.807) is 6.20 Å². The van der Waals surface area contributed by atoms with Crippen LogP contribution >= 0.6 is 22.6 Å². The van der Waals surface area contributed by atoms with Crippen LogP contribution in [-0.2, 0) is 6.54 Å². The lowest BCUT2D eigenvalue weighted by molar-refractivity contribution is 0.572. The van der Waals surface area contributed by atoms with Gasteiger partial charge < -0.3 is 14.6 Å². The van der Waals surface area contributed by atoms with E-state index in [9.17, 15) is 0 Å². The van der Waals surface area contributed by atoms with E-state index >= 15 is 0 Å². The molecule has 0 aliphatic carbocycles. The van der Waals surface area contributed by atoms with Crippen LogP contribution in [0.25, 0.3) is 11.3 Å². The number of rotatable bonds is 5. The number of hydrogen-bond donors (Lipinski definition) is 1. The molecule has 1 aliphatic heterocycles. The average molecular weight is 473 g/mol. The van der Waals surface area contributed by atoms with Crippen molar-refractivity contribution < 1.29 is 4.42 Å². The lowest BCUT2D eigenvalue weighted by atomic mass is 10.2. The number of anilines is 1. The quantitative estimate of drug-likeness (QED) is 0.433. The summed E-state index contributed by atoms with van der Waals surface area (Å²) in [6, 6.07) is 14.3. The molecule has 27 heavy (non-hydrogen) atoms. The van der Waals surface area contributed by atoms with Gasteiger partial charge in [0, 0.05) is 35.3 Å². The second-order valence-corrected chi connectivity index (χ2v) is 7.50. The maximum atomic E-state index is 5.29. The fourth-order valence-corrected chi connectivity index (χ4v) is 3.98. The van der Waals surface area contributed by atoms with Crippen molar-refractivity contribution in [3.63, 3.8) is 0 Å². The van der Waals surface area contributed by atoms with Gasteiger partial charge in [0.2, 0.25) is 0 Å². The molecule has 1 N–H and O–H groups in total. The van der Waals surface area contributed by atoms with Crippen LogP contribution in [0.5, 0.6) is 0 Å². The monoisotopic (exact) mass is 473 g/mol. The minimum atomic E-state index is 0.571. The molecule has 1 saturated heterocycles. The Morgan fingerprint density at radius 2 is 1.93 bits per heavy atom. The third kappa shape index (κ3) is 4.54. The summed E-state index contributed by atoms with van der Waals surface area (Å²) in [5.74, 6) is 0.748. The standard InChI is InChI=1S/C20H20IN5O/c21-18-11-15(1-6-19(18)26-9-7-22-8-10-26)12-24-25-17-4-2-16(3-5-17)20-13-23-14-27-20/h1-6,11,13-14,22H,7-10,12H2. The van der Waals surface area contributed by atoms with Crippen molar-refractivity contribution in [1.82, 2.24) is 10.3 Å². The number of oxazole rings is 1. The first-order valence-corrected chi connectivity index (χ1v) is 9.98. The molecule has 0 atom stereocenters. The fraction of sp³-hybridized carbons (Fsp3) is 0.250. The lowest BCUT2D eigenvalue weighted by Crippen LogP contribution is -2.43. The van der Waals surface area contributed by atoms with E-state index in [0.29, 0.717) is 6.54 Å². The van der Waals surface area contributed by atoms with Gasteiger partial charge in [-0.25, -0.2) is 4.98 Å². The van der Waals surface area contributed by atoms with Crippen molar-refractivity contribution in [3.8, 4) is 11.3 Å². The van der Waals surface area contributed by atoms with Crippen LogP contribution in [0.1, 0.15) is 5.56 Å². The van der Waals surface area contributed by atoms with Crippen molar-refractivity contribution in [2.45, 2.75) is 6.54 Å². The van der Waals surface area contributed by atoms with Crippen LogP contribution in [0.4, 0.5) is 11.4 Å². The minimum Gasteiger partial charge on any atom is -0.444 e. The summed E-state index contributed by atoms with van der Waals surface area (Å²) in [5.41, 5.74) is 4.27. The topological polar surface area (TPSA) is 66.0 Å². The van der Waals surface area contributed by atoms with Crippen molar-refractivity contribution in [2.75, 3.05) is 31.1 Å². The molecule has 4 rings (SSSR count). The number of benzene rings is 2. The van der Waals surface area contributed by atoms with Crippen LogP contribution in [0, 0.1) is 3.57 Å². The van der Waals surface area contributed by atoms with E-state index in [2.05, 4.69) is 66.2 Å². The Bertz CT molecular complexity index is 903. The summed E-state index contributed by atoms with van der Waals surface area (Å²) >= 11 is 2.41. The van der Waals surface area contributed by atoms with E-state index < -0.39 is 0 Å². The van der Waals surface area contributed by atoms with Crippen LogP contribution in [0.3, 0.4) is 0 Å². The number of nitrogens with one attached hydrogen (secondary N) is 1. The molecular weight excluding hydrogens is 453 g/mol. The van der Waals surface area contributed by atoms with Crippen molar-refractivity contribution in [2.24, 2.45) is 10.2 Å². The summed E-state index contributed by atoms with van der Waals surface area (Å²) < 4.78 is 6.55. The molecule has 6 nitrogen and oxygen atoms in total. The number of halogens is 1. The highest BCUT2D eigenvalue weighted by atomic mass is 127. The first kappa shape index (κ1) is 18.1. The molecule has 1 fully saturated rings. The molecule has 3 aromatic rings. The Balaban J connectivity index is 1.38. The van der Waals surface area contributed by atoms with Gasteiger partial charge >= 0.3 is 0 Å². The highest BCUT2D eigenvalue weighted by Gasteiger charge is 2.13. The van der Waals surface area contributed by atoms with Gasteiger partial charge in [-0.1, -0.05) is 6.07 Å². The highest BCUT2D eigenvalue weighted by Crippen LogP contribution is 2.25. The second-order valence-electron chi connectivity index (χ2n) is 6.33. The molecule has 138 valence electrons. The summed E-state index contributed by atoms with van der Waals surface area (Å²) in [7, 11) is 0. The van der Waals surface area contributed by atoms with E-state index in [-0.39, 0.29) is 0 Å². The SMILES string of the molecule is Ic1cc(CN=Nc2ccc(-c3cnco3)cc2)ccc1N1CCNCC1. The molecule has 0 amide bonds. The number of piperazine rings is 1. The van der Waals surface area contributed by atoms with Crippen LogP contribution in [-0.4, -0.2) is 31.2 Å². The van der Waals surface area contributed by atoms with E-state index in [1.807, 2.05) is 24.3 Å². The molecule has 0 unspecified atom stereocenters. The van der Waals surface area contributed by atoms with Crippen LogP contribution in [0.2, 0.25) is 0 Å². The third-order valence-electron chi connectivity index (χ3n) is 4.49. The van der Waals surface area contributed by atoms with E-state index in [0.717, 1.165) is 43.2 Å². The van der Waals surface area contributed by atoms with Gasteiger partial charge in [0.1, 0.15) is 0 Å². The summed E-state index contributed by atoms with van der Waals surface area (Å²) in [4.78, 5) is 6.36. The number of hydrogen-bond acceptors (Lipinski definition) is 6. The molecule has 0 bridgehead atoms. The maximum Gasteiger partial charge on any atom is 0.181 e. The average Bonchev–Trinajstić information content (AvgIpc) is 3.24. The summed E-state index contributed by atoms with van der Waals surface area (Å²) in [6.07, 6.45) is 3.12. The number of azo groups is 1. The van der Waals surface area contributed by atoms with Gasteiger partial charge in [-0.2, -0.15) is 10.2 Å². The van der Waals surface area contributed by atoms with Gasteiger partial charge in [0.05, 0.1) is 24.1 Å².